The molecule has 0 aliphatic carbocycles. The van der Waals surface area contributed by atoms with Crippen LogP contribution in [0.3, 0.4) is 0 Å². The van der Waals surface area contributed by atoms with Crippen LogP contribution in [0.15, 0.2) is 164 Å². The molecular formula is C44H33OP. The van der Waals surface area contributed by atoms with E-state index in [4.69, 9.17) is 0 Å². The summed E-state index contributed by atoms with van der Waals surface area (Å²) >= 11 is 0. The zero-order valence-corrected chi connectivity index (χ0v) is 26.8. The fraction of sp³-hybridized carbons (Fsp3) is 0.0455. The number of hydrogen-bond acceptors (Lipinski definition) is 1. The molecule has 0 N–H and O–H groups in total. The topological polar surface area (TPSA) is 17.1 Å². The van der Waals surface area contributed by atoms with Crippen LogP contribution in [0.5, 0.6) is 0 Å². The number of fused-ring (bicyclic) bond motifs is 3. The summed E-state index contributed by atoms with van der Waals surface area (Å²) in [6.07, 6.45) is 0. The predicted molar refractivity (Wildman–Crippen MR) is 200 cm³/mol. The van der Waals surface area contributed by atoms with Gasteiger partial charge in [0.05, 0.1) is 0 Å². The van der Waals surface area contributed by atoms with Crippen molar-refractivity contribution in [1.82, 2.24) is 0 Å². The van der Waals surface area contributed by atoms with Gasteiger partial charge in [0.25, 0.3) is 0 Å². The minimum Gasteiger partial charge on any atom is -0.319 e. The van der Waals surface area contributed by atoms with Gasteiger partial charge in [0.2, 0.25) is 0 Å². The van der Waals surface area contributed by atoms with E-state index in [0.29, 0.717) is 0 Å². The fourth-order valence-electron chi connectivity index (χ4n) is 6.90. The van der Waals surface area contributed by atoms with Crippen LogP contribution in [0.2, 0.25) is 0 Å². The summed E-state index contributed by atoms with van der Waals surface area (Å²) in [5.41, 5.74) is 9.51. The third kappa shape index (κ3) is 4.94. The van der Waals surface area contributed by atoms with Crippen LogP contribution in [-0.4, -0.2) is 13.3 Å². The largest absolute Gasteiger partial charge is 0.319 e. The molecule has 0 saturated carbocycles. The molecule has 8 aromatic rings. The number of hydrogen-bond donors (Lipinski definition) is 0. The summed E-state index contributed by atoms with van der Waals surface area (Å²) in [4.78, 5) is 0. The minimum atomic E-state index is -2.39. The normalized spacial score (nSPS) is 11.8. The molecule has 0 fully saturated rings. The first-order chi connectivity index (χ1) is 22.5. The lowest BCUT2D eigenvalue weighted by molar-refractivity contribution is 0.588. The average Bonchev–Trinajstić information content (AvgIpc) is 3.10. The molecule has 0 heterocycles. The minimum absolute atomic E-state index is 0.902. The molecule has 0 aliphatic rings. The molecule has 0 unspecified atom stereocenters. The monoisotopic (exact) mass is 608 g/mol. The highest BCUT2D eigenvalue weighted by Crippen LogP contribution is 2.45. The summed E-state index contributed by atoms with van der Waals surface area (Å²) in [5.74, 6) is 0. The van der Waals surface area contributed by atoms with Gasteiger partial charge in [-0.15, -0.1) is 0 Å². The average molecular weight is 609 g/mol. The molecule has 8 aromatic carbocycles. The molecule has 0 aliphatic heterocycles. The summed E-state index contributed by atoms with van der Waals surface area (Å²) in [6, 6.07) is 58.7. The van der Waals surface area contributed by atoms with Crippen LogP contribution in [0.25, 0.3) is 76.8 Å². The van der Waals surface area contributed by atoms with E-state index in [2.05, 4.69) is 152 Å². The second-order valence-electron chi connectivity index (χ2n) is 12.4. The van der Waals surface area contributed by atoms with E-state index < -0.39 is 7.14 Å². The maximum atomic E-state index is 13.0. The van der Waals surface area contributed by atoms with Gasteiger partial charge in [-0.25, -0.2) is 0 Å². The van der Waals surface area contributed by atoms with Crippen molar-refractivity contribution in [3.63, 3.8) is 0 Å². The van der Waals surface area contributed by atoms with Crippen molar-refractivity contribution in [1.29, 1.82) is 0 Å². The lowest BCUT2D eigenvalue weighted by atomic mass is 9.84. The summed E-state index contributed by atoms with van der Waals surface area (Å²) < 4.78 is 13.0. The zero-order valence-electron chi connectivity index (χ0n) is 25.9. The summed E-state index contributed by atoms with van der Waals surface area (Å²) in [7, 11) is -2.39. The van der Waals surface area contributed by atoms with E-state index in [1.807, 2.05) is 25.5 Å². The predicted octanol–water partition coefficient (Wildman–Crippen LogP) is 12.1. The molecule has 2 heteroatoms. The van der Waals surface area contributed by atoms with Crippen LogP contribution in [0.4, 0.5) is 0 Å². The van der Waals surface area contributed by atoms with Gasteiger partial charge >= 0.3 is 0 Å². The Morgan fingerprint density at radius 3 is 1.61 bits per heavy atom. The molecule has 0 bridgehead atoms. The number of rotatable bonds is 5. The fourth-order valence-corrected chi connectivity index (χ4v) is 7.79. The molecular weight excluding hydrogens is 575 g/mol. The van der Waals surface area contributed by atoms with E-state index in [9.17, 15) is 4.57 Å². The standard InChI is InChI=1S/C44H33OP/c1-46(2,45)36-17-10-16-34(28-36)35-26-27-41-42(29-35)44(32-13-4-3-5-14-32)40-20-9-8-19-39(40)43(41)33-24-22-31(23-25-33)38-21-11-15-30-12-6-7-18-37(30)38/h3-29H,1-2H3. The van der Waals surface area contributed by atoms with Crippen LogP contribution in [0.1, 0.15) is 0 Å². The lowest BCUT2D eigenvalue weighted by Gasteiger charge is -2.19. The van der Waals surface area contributed by atoms with Crippen molar-refractivity contribution >= 4 is 44.8 Å². The Kier molecular flexibility index (Phi) is 6.93. The maximum Gasteiger partial charge on any atom is 0.109 e. The van der Waals surface area contributed by atoms with Gasteiger partial charge in [0.15, 0.2) is 0 Å². The van der Waals surface area contributed by atoms with Crippen LogP contribution in [0, 0.1) is 0 Å². The second-order valence-corrected chi connectivity index (χ2v) is 15.6. The van der Waals surface area contributed by atoms with Crippen LogP contribution < -0.4 is 5.30 Å². The zero-order chi connectivity index (χ0) is 31.3. The van der Waals surface area contributed by atoms with Crippen molar-refractivity contribution in [2.24, 2.45) is 0 Å². The molecule has 46 heavy (non-hydrogen) atoms. The Morgan fingerprint density at radius 2 is 0.870 bits per heavy atom. The highest BCUT2D eigenvalue weighted by atomic mass is 31.2. The molecule has 0 amide bonds. The van der Waals surface area contributed by atoms with Gasteiger partial charge in [-0.1, -0.05) is 152 Å². The molecule has 0 aromatic heterocycles. The Balaban J connectivity index is 1.38. The third-order valence-electron chi connectivity index (χ3n) is 9.16. The van der Waals surface area contributed by atoms with Crippen molar-refractivity contribution in [2.45, 2.75) is 0 Å². The van der Waals surface area contributed by atoms with Crippen LogP contribution >= 0.6 is 7.14 Å². The first-order valence-corrected chi connectivity index (χ1v) is 18.3. The van der Waals surface area contributed by atoms with E-state index >= 15 is 0 Å². The van der Waals surface area contributed by atoms with Gasteiger partial charge in [-0.05, 0) is 102 Å². The van der Waals surface area contributed by atoms with Crippen molar-refractivity contribution in [3.8, 4) is 44.5 Å². The lowest BCUT2D eigenvalue weighted by Crippen LogP contribution is -2.02. The Hall–Kier alpha value is -5.23. The maximum absolute atomic E-state index is 13.0. The molecule has 0 spiro atoms. The smallest absolute Gasteiger partial charge is 0.109 e. The van der Waals surface area contributed by atoms with E-state index in [1.165, 1.54) is 65.7 Å². The van der Waals surface area contributed by atoms with Gasteiger partial charge in [0, 0.05) is 5.30 Å². The van der Waals surface area contributed by atoms with Crippen molar-refractivity contribution in [2.75, 3.05) is 13.3 Å². The van der Waals surface area contributed by atoms with Gasteiger partial charge in [-0.3, -0.25) is 0 Å². The Morgan fingerprint density at radius 1 is 0.370 bits per heavy atom. The number of benzene rings is 8. The first-order valence-electron chi connectivity index (χ1n) is 15.7. The Labute approximate surface area is 270 Å². The molecule has 220 valence electrons. The van der Waals surface area contributed by atoms with Crippen molar-refractivity contribution < 1.29 is 4.57 Å². The summed E-state index contributed by atoms with van der Waals surface area (Å²) in [5, 5.41) is 8.30. The van der Waals surface area contributed by atoms with Crippen LogP contribution in [-0.2, 0) is 4.57 Å². The van der Waals surface area contributed by atoms with E-state index in [-0.39, 0.29) is 0 Å². The van der Waals surface area contributed by atoms with Crippen molar-refractivity contribution in [3.05, 3.63) is 164 Å². The SMILES string of the molecule is CP(C)(=O)c1cccc(-c2ccc3c(-c4ccc(-c5cccc6ccccc56)cc4)c4ccccc4c(-c4ccccc4)c3c2)c1. The molecule has 0 saturated heterocycles. The molecule has 1 nitrogen and oxygen atoms in total. The summed E-state index contributed by atoms with van der Waals surface area (Å²) in [6.45, 7) is 3.67. The third-order valence-corrected chi connectivity index (χ3v) is 10.7. The quantitative estimate of drug-likeness (QED) is 0.140. The van der Waals surface area contributed by atoms with E-state index in [1.54, 1.807) is 0 Å². The second kappa shape index (κ2) is 11.3. The highest BCUT2D eigenvalue weighted by molar-refractivity contribution is 7.70. The highest BCUT2D eigenvalue weighted by Gasteiger charge is 2.18. The van der Waals surface area contributed by atoms with Gasteiger partial charge in [0.1, 0.15) is 7.14 Å². The van der Waals surface area contributed by atoms with Gasteiger partial charge in [-0.2, -0.15) is 0 Å². The van der Waals surface area contributed by atoms with E-state index in [0.717, 1.165) is 16.4 Å². The first kappa shape index (κ1) is 28.3. The van der Waals surface area contributed by atoms with Gasteiger partial charge < -0.3 is 4.57 Å². The Bertz CT molecular complexity index is 2450. The molecule has 0 atom stereocenters. The molecule has 8 rings (SSSR count). The molecule has 0 radical (unpaired) electrons.